The maximum atomic E-state index is 3.62. The van der Waals surface area contributed by atoms with Crippen molar-refractivity contribution < 1.29 is 0 Å². The molecule has 2 rings (SSSR count). The molecule has 1 N–H and O–H groups in total. The van der Waals surface area contributed by atoms with E-state index in [0.717, 1.165) is 5.92 Å². The Labute approximate surface area is 63.2 Å². The minimum Gasteiger partial charge on any atom is -0.311 e. The monoisotopic (exact) mass is 139 g/mol. The molecule has 1 heteroatoms. The van der Waals surface area contributed by atoms with E-state index in [1.807, 2.05) is 0 Å². The zero-order chi connectivity index (χ0) is 7.41. The van der Waals surface area contributed by atoms with Crippen LogP contribution in [0.3, 0.4) is 0 Å². The maximum Gasteiger partial charge on any atom is 0.0207 e. The molecule has 1 heterocycles. The van der Waals surface area contributed by atoms with Gasteiger partial charge in [0.15, 0.2) is 0 Å². The van der Waals surface area contributed by atoms with Gasteiger partial charge >= 0.3 is 0 Å². The lowest BCUT2D eigenvalue weighted by atomic mass is 9.75. The van der Waals surface area contributed by atoms with Crippen molar-refractivity contribution >= 4 is 0 Å². The summed E-state index contributed by atoms with van der Waals surface area (Å²) >= 11 is 0. The van der Waals surface area contributed by atoms with Crippen LogP contribution in [0.1, 0.15) is 33.6 Å². The van der Waals surface area contributed by atoms with Gasteiger partial charge in [0, 0.05) is 5.54 Å². The molecule has 0 radical (unpaired) electrons. The third-order valence-corrected chi connectivity index (χ3v) is 4.17. The Morgan fingerprint density at radius 2 is 2.00 bits per heavy atom. The maximum absolute atomic E-state index is 3.62. The summed E-state index contributed by atoms with van der Waals surface area (Å²) in [5, 5.41) is 3.62. The fraction of sp³-hybridized carbons (Fsp3) is 1.00. The molecule has 2 atom stereocenters. The predicted octanol–water partition coefficient (Wildman–Crippen LogP) is 1.78. The molecule has 0 amide bonds. The van der Waals surface area contributed by atoms with E-state index in [2.05, 4.69) is 26.1 Å². The smallest absolute Gasteiger partial charge is 0.0207 e. The molecular weight excluding hydrogens is 122 g/mol. The molecule has 1 aliphatic heterocycles. The van der Waals surface area contributed by atoms with Gasteiger partial charge in [0.1, 0.15) is 0 Å². The Balaban J connectivity index is 2.37. The van der Waals surface area contributed by atoms with Gasteiger partial charge in [-0.3, -0.25) is 0 Å². The molecule has 0 aromatic carbocycles. The number of fused-ring (bicyclic) bond motifs is 2. The van der Waals surface area contributed by atoms with Gasteiger partial charge in [-0.05, 0) is 37.6 Å². The van der Waals surface area contributed by atoms with Crippen molar-refractivity contribution in [2.75, 3.05) is 6.54 Å². The molecule has 1 nitrogen and oxygen atoms in total. The summed E-state index contributed by atoms with van der Waals surface area (Å²) in [4.78, 5) is 0. The van der Waals surface area contributed by atoms with Gasteiger partial charge in [0.2, 0.25) is 0 Å². The van der Waals surface area contributed by atoms with Gasteiger partial charge in [-0.2, -0.15) is 0 Å². The summed E-state index contributed by atoms with van der Waals surface area (Å²) in [7, 11) is 0. The SMILES string of the molecule is CC1(C)[C@@H]2CC[C@@]1(C)NC2. The normalized spacial score (nSPS) is 50.1. The standard InChI is InChI=1S/C9H17N/c1-8(2)7-4-5-9(8,3)10-6-7/h7,10H,4-6H2,1-3H3/t7-,9-/m1/s1. The second kappa shape index (κ2) is 1.58. The number of nitrogens with one attached hydrogen (secondary N) is 1. The highest BCUT2D eigenvalue weighted by atomic mass is 15.1. The minimum absolute atomic E-state index is 0.456. The molecule has 2 bridgehead atoms. The van der Waals surface area contributed by atoms with E-state index in [0.29, 0.717) is 11.0 Å². The molecule has 1 saturated heterocycles. The third-order valence-electron chi connectivity index (χ3n) is 4.17. The molecule has 2 fully saturated rings. The lowest BCUT2D eigenvalue weighted by molar-refractivity contribution is 0.218. The highest BCUT2D eigenvalue weighted by Gasteiger charge is 2.55. The average molecular weight is 139 g/mol. The van der Waals surface area contributed by atoms with E-state index >= 15 is 0 Å². The van der Waals surface area contributed by atoms with E-state index in [1.54, 1.807) is 0 Å². The van der Waals surface area contributed by atoms with Crippen molar-refractivity contribution in [3.05, 3.63) is 0 Å². The number of hydrogen-bond donors (Lipinski definition) is 1. The average Bonchev–Trinajstić information content (AvgIpc) is 2.18. The summed E-state index contributed by atoms with van der Waals surface area (Å²) in [6.07, 6.45) is 2.82. The largest absolute Gasteiger partial charge is 0.311 e. The van der Waals surface area contributed by atoms with Gasteiger partial charge < -0.3 is 5.32 Å². The number of rotatable bonds is 0. The van der Waals surface area contributed by atoms with Crippen LogP contribution in [0.5, 0.6) is 0 Å². The highest BCUT2D eigenvalue weighted by molar-refractivity contribution is 5.11. The van der Waals surface area contributed by atoms with Crippen molar-refractivity contribution in [3.63, 3.8) is 0 Å². The first-order valence-corrected chi connectivity index (χ1v) is 4.31. The van der Waals surface area contributed by atoms with Crippen molar-refractivity contribution in [2.45, 2.75) is 39.2 Å². The van der Waals surface area contributed by atoms with Crippen LogP contribution in [0, 0.1) is 11.3 Å². The summed E-state index contributed by atoms with van der Waals surface area (Å²) in [5.41, 5.74) is 1.00. The zero-order valence-electron chi connectivity index (χ0n) is 7.20. The van der Waals surface area contributed by atoms with Gasteiger partial charge in [0.25, 0.3) is 0 Å². The summed E-state index contributed by atoms with van der Waals surface area (Å²) in [6, 6.07) is 0. The number of piperidine rings is 1. The molecule has 1 aliphatic carbocycles. The van der Waals surface area contributed by atoms with Crippen molar-refractivity contribution in [2.24, 2.45) is 11.3 Å². The molecule has 2 aliphatic rings. The quantitative estimate of drug-likeness (QED) is 0.539. The van der Waals surface area contributed by atoms with E-state index in [9.17, 15) is 0 Å². The van der Waals surface area contributed by atoms with Crippen LogP contribution in [0.2, 0.25) is 0 Å². The minimum atomic E-state index is 0.456. The Kier molecular flexibility index (Phi) is 1.05. The van der Waals surface area contributed by atoms with Gasteiger partial charge in [-0.1, -0.05) is 13.8 Å². The van der Waals surface area contributed by atoms with Crippen molar-refractivity contribution in [1.82, 2.24) is 5.32 Å². The zero-order valence-corrected chi connectivity index (χ0v) is 7.20. The van der Waals surface area contributed by atoms with Crippen molar-refractivity contribution in [1.29, 1.82) is 0 Å². The molecule has 0 aromatic heterocycles. The first kappa shape index (κ1) is 6.66. The fourth-order valence-corrected chi connectivity index (χ4v) is 2.62. The number of hydrogen-bond acceptors (Lipinski definition) is 1. The van der Waals surface area contributed by atoms with Crippen LogP contribution in [0.25, 0.3) is 0 Å². The van der Waals surface area contributed by atoms with E-state index in [1.165, 1.54) is 19.4 Å². The summed E-state index contributed by atoms with van der Waals surface area (Å²) < 4.78 is 0. The second-order valence-electron chi connectivity index (χ2n) is 4.67. The third kappa shape index (κ3) is 0.531. The topological polar surface area (TPSA) is 12.0 Å². The Morgan fingerprint density at radius 3 is 2.10 bits per heavy atom. The molecule has 0 unspecified atom stereocenters. The van der Waals surface area contributed by atoms with E-state index in [4.69, 9.17) is 0 Å². The molecule has 10 heavy (non-hydrogen) atoms. The summed E-state index contributed by atoms with van der Waals surface area (Å²) in [5.74, 6) is 0.942. The van der Waals surface area contributed by atoms with Crippen LogP contribution >= 0.6 is 0 Å². The lowest BCUT2D eigenvalue weighted by Crippen LogP contribution is -2.44. The van der Waals surface area contributed by atoms with Gasteiger partial charge in [-0.25, -0.2) is 0 Å². The Bertz CT molecular complexity index is 149. The first-order valence-electron chi connectivity index (χ1n) is 4.31. The summed E-state index contributed by atoms with van der Waals surface area (Å²) in [6.45, 7) is 8.44. The van der Waals surface area contributed by atoms with E-state index < -0.39 is 0 Å². The van der Waals surface area contributed by atoms with Gasteiger partial charge in [0.05, 0.1) is 0 Å². The van der Waals surface area contributed by atoms with Gasteiger partial charge in [-0.15, -0.1) is 0 Å². The highest BCUT2D eigenvalue weighted by Crippen LogP contribution is 2.53. The Morgan fingerprint density at radius 1 is 1.30 bits per heavy atom. The molecule has 0 spiro atoms. The molecular formula is C9H17N. The molecule has 0 aromatic rings. The van der Waals surface area contributed by atoms with E-state index in [-0.39, 0.29) is 0 Å². The predicted molar refractivity (Wildman–Crippen MR) is 42.9 cm³/mol. The lowest BCUT2D eigenvalue weighted by Gasteiger charge is -2.34. The van der Waals surface area contributed by atoms with Crippen molar-refractivity contribution in [3.8, 4) is 0 Å². The van der Waals surface area contributed by atoms with Crippen LogP contribution < -0.4 is 5.32 Å². The Hall–Kier alpha value is -0.0400. The second-order valence-corrected chi connectivity index (χ2v) is 4.67. The molecule has 58 valence electrons. The van der Waals surface area contributed by atoms with Crippen LogP contribution in [0.15, 0.2) is 0 Å². The van der Waals surface area contributed by atoms with Crippen LogP contribution in [0.4, 0.5) is 0 Å². The molecule has 1 saturated carbocycles. The fourth-order valence-electron chi connectivity index (χ4n) is 2.62. The first-order chi connectivity index (χ1) is 4.56. The van der Waals surface area contributed by atoms with Crippen LogP contribution in [-0.2, 0) is 0 Å². The van der Waals surface area contributed by atoms with Crippen LogP contribution in [-0.4, -0.2) is 12.1 Å².